The molecule has 1 saturated heterocycles. The molecule has 4 rings (SSSR count). The molecular formula is C21H17F4N5O2. The van der Waals surface area contributed by atoms with E-state index in [4.69, 9.17) is 0 Å². The summed E-state index contributed by atoms with van der Waals surface area (Å²) < 4.78 is 54.6. The Kier molecular flexibility index (Phi) is 5.64. The Morgan fingerprint density at radius 2 is 1.69 bits per heavy atom. The molecule has 32 heavy (non-hydrogen) atoms. The van der Waals surface area contributed by atoms with Gasteiger partial charge in [0.2, 0.25) is 5.91 Å². The molecule has 3 aromatic rings. The fourth-order valence-electron chi connectivity index (χ4n) is 3.43. The first-order valence-electron chi connectivity index (χ1n) is 9.70. The predicted octanol–water partition coefficient (Wildman–Crippen LogP) is 3.48. The van der Waals surface area contributed by atoms with Crippen LogP contribution in [0, 0.1) is 5.82 Å². The zero-order valence-electron chi connectivity index (χ0n) is 16.6. The van der Waals surface area contributed by atoms with Crippen LogP contribution in [-0.4, -0.2) is 33.4 Å². The highest BCUT2D eigenvalue weighted by Gasteiger charge is 2.42. The topological polar surface area (TPSA) is 80.1 Å². The van der Waals surface area contributed by atoms with Gasteiger partial charge in [-0.1, -0.05) is 17.3 Å². The molecule has 0 aliphatic carbocycles. The van der Waals surface area contributed by atoms with Crippen molar-refractivity contribution in [2.45, 2.75) is 25.6 Å². The summed E-state index contributed by atoms with van der Waals surface area (Å²) in [6.45, 7) is 0.590. The highest BCUT2D eigenvalue weighted by atomic mass is 19.4. The van der Waals surface area contributed by atoms with Gasteiger partial charge in [0.25, 0.3) is 5.91 Å². The maximum Gasteiger partial charge on any atom is 0.435 e. The van der Waals surface area contributed by atoms with Crippen molar-refractivity contribution < 1.29 is 27.2 Å². The minimum atomic E-state index is -4.92. The van der Waals surface area contributed by atoms with E-state index in [-0.39, 0.29) is 18.1 Å². The number of hydrogen-bond donors (Lipinski definition) is 1. The Hall–Kier alpha value is -3.76. The molecule has 0 bridgehead atoms. The highest BCUT2D eigenvalue weighted by molar-refractivity contribution is 5.95. The molecule has 2 aromatic carbocycles. The summed E-state index contributed by atoms with van der Waals surface area (Å²) in [6, 6.07) is 11.0. The number of nitrogens with one attached hydrogen (secondary N) is 1. The van der Waals surface area contributed by atoms with Crippen molar-refractivity contribution in [3.8, 4) is 5.69 Å². The average Bonchev–Trinajstić information content (AvgIpc) is 3.39. The molecule has 1 fully saturated rings. The van der Waals surface area contributed by atoms with Crippen LogP contribution in [0.2, 0.25) is 0 Å². The second-order valence-electron chi connectivity index (χ2n) is 7.17. The molecule has 0 unspecified atom stereocenters. The number of carbonyl (C=O) groups is 2. The molecular weight excluding hydrogens is 430 g/mol. The number of benzene rings is 2. The van der Waals surface area contributed by atoms with E-state index in [9.17, 15) is 27.2 Å². The van der Waals surface area contributed by atoms with Gasteiger partial charge in [-0.15, -0.1) is 5.10 Å². The average molecular weight is 447 g/mol. The van der Waals surface area contributed by atoms with E-state index in [1.54, 1.807) is 29.2 Å². The molecule has 1 aromatic heterocycles. The number of hydrogen-bond acceptors (Lipinski definition) is 4. The van der Waals surface area contributed by atoms with Gasteiger partial charge in [0.15, 0.2) is 11.4 Å². The fourth-order valence-corrected chi connectivity index (χ4v) is 3.43. The minimum Gasteiger partial charge on any atom is -0.346 e. The third-order valence-electron chi connectivity index (χ3n) is 5.00. The molecule has 11 heteroatoms. The van der Waals surface area contributed by atoms with Gasteiger partial charge in [-0.3, -0.25) is 9.59 Å². The van der Waals surface area contributed by atoms with Crippen molar-refractivity contribution >= 4 is 17.5 Å². The van der Waals surface area contributed by atoms with Crippen LogP contribution in [0.1, 0.15) is 34.6 Å². The summed E-state index contributed by atoms with van der Waals surface area (Å²) in [7, 11) is 0. The number of halogens is 4. The Labute approximate surface area is 179 Å². The number of rotatable bonds is 5. The molecule has 0 atom stereocenters. The second-order valence-corrected chi connectivity index (χ2v) is 7.17. The lowest BCUT2D eigenvalue weighted by Gasteiger charge is -2.16. The first-order chi connectivity index (χ1) is 15.2. The molecule has 0 saturated carbocycles. The number of amides is 2. The first-order valence-corrected chi connectivity index (χ1v) is 9.70. The van der Waals surface area contributed by atoms with Gasteiger partial charge in [-0.2, -0.15) is 13.2 Å². The lowest BCUT2D eigenvalue weighted by molar-refractivity contribution is -0.143. The van der Waals surface area contributed by atoms with Crippen molar-refractivity contribution in [1.82, 2.24) is 20.3 Å². The third-order valence-corrected chi connectivity index (χ3v) is 5.00. The summed E-state index contributed by atoms with van der Waals surface area (Å²) >= 11 is 0. The van der Waals surface area contributed by atoms with Crippen LogP contribution in [0.25, 0.3) is 5.69 Å². The smallest absolute Gasteiger partial charge is 0.346 e. The SMILES string of the molecule is O=C(NCc1ccc(N2CCCC2=O)cc1)c1nnn(-c2ccc(F)cc2)c1C(F)(F)F. The lowest BCUT2D eigenvalue weighted by atomic mass is 10.2. The van der Waals surface area contributed by atoms with Crippen molar-refractivity contribution in [3.63, 3.8) is 0 Å². The number of aromatic nitrogens is 3. The van der Waals surface area contributed by atoms with E-state index in [1.807, 2.05) is 0 Å². The van der Waals surface area contributed by atoms with Crippen LogP contribution < -0.4 is 10.2 Å². The summed E-state index contributed by atoms with van der Waals surface area (Å²) in [6.07, 6.45) is -3.64. The zero-order chi connectivity index (χ0) is 22.9. The lowest BCUT2D eigenvalue weighted by Crippen LogP contribution is -2.27. The maximum atomic E-state index is 13.7. The van der Waals surface area contributed by atoms with Gasteiger partial charge < -0.3 is 10.2 Å². The van der Waals surface area contributed by atoms with Crippen molar-refractivity contribution in [2.24, 2.45) is 0 Å². The van der Waals surface area contributed by atoms with E-state index in [1.165, 1.54) is 0 Å². The van der Waals surface area contributed by atoms with Gasteiger partial charge >= 0.3 is 6.18 Å². The van der Waals surface area contributed by atoms with Crippen LogP contribution >= 0.6 is 0 Å². The molecule has 7 nitrogen and oxygen atoms in total. The van der Waals surface area contributed by atoms with Gasteiger partial charge in [-0.05, 0) is 48.4 Å². The van der Waals surface area contributed by atoms with Crippen LogP contribution in [0.4, 0.5) is 23.2 Å². The first kappa shape index (κ1) is 21.5. The summed E-state index contributed by atoms with van der Waals surface area (Å²) in [5.41, 5.74) is -0.972. The van der Waals surface area contributed by atoms with Crippen LogP contribution in [0.15, 0.2) is 48.5 Å². The summed E-state index contributed by atoms with van der Waals surface area (Å²) in [4.78, 5) is 25.9. The Morgan fingerprint density at radius 3 is 2.28 bits per heavy atom. The van der Waals surface area contributed by atoms with Crippen molar-refractivity contribution in [1.29, 1.82) is 0 Å². The fraction of sp³-hybridized carbons (Fsp3) is 0.238. The van der Waals surface area contributed by atoms with E-state index >= 15 is 0 Å². The molecule has 166 valence electrons. The Balaban J connectivity index is 1.51. The van der Waals surface area contributed by atoms with Crippen LogP contribution in [-0.2, 0) is 17.5 Å². The molecule has 1 aliphatic rings. The quantitative estimate of drug-likeness (QED) is 0.608. The van der Waals surface area contributed by atoms with E-state index in [2.05, 4.69) is 15.6 Å². The van der Waals surface area contributed by atoms with Gasteiger partial charge in [-0.25, -0.2) is 9.07 Å². The largest absolute Gasteiger partial charge is 0.435 e. The molecule has 2 heterocycles. The molecule has 1 aliphatic heterocycles. The van der Waals surface area contributed by atoms with Crippen LogP contribution in [0.3, 0.4) is 0 Å². The van der Waals surface area contributed by atoms with Gasteiger partial charge in [0.05, 0.1) is 5.69 Å². The van der Waals surface area contributed by atoms with Crippen molar-refractivity contribution in [2.75, 3.05) is 11.4 Å². The number of anilines is 1. The van der Waals surface area contributed by atoms with Gasteiger partial charge in [0.1, 0.15) is 5.82 Å². The van der Waals surface area contributed by atoms with Crippen LogP contribution in [0.5, 0.6) is 0 Å². The summed E-state index contributed by atoms with van der Waals surface area (Å²) in [5, 5.41) is 9.26. The van der Waals surface area contributed by atoms with E-state index in [0.717, 1.165) is 36.4 Å². The third kappa shape index (κ3) is 4.32. The van der Waals surface area contributed by atoms with Crippen molar-refractivity contribution in [3.05, 3.63) is 71.3 Å². The standard InChI is InChI=1S/C21H17F4N5O2/c22-14-5-9-16(10-6-14)30-19(21(23,24)25)18(27-28-30)20(32)26-12-13-3-7-15(8-4-13)29-11-1-2-17(29)31/h3-10H,1-2,11-12H2,(H,26,32). The highest BCUT2D eigenvalue weighted by Crippen LogP contribution is 2.32. The normalized spacial score (nSPS) is 14.1. The molecule has 2 amide bonds. The maximum absolute atomic E-state index is 13.7. The predicted molar refractivity (Wildman–Crippen MR) is 106 cm³/mol. The molecule has 0 spiro atoms. The zero-order valence-corrected chi connectivity index (χ0v) is 16.6. The summed E-state index contributed by atoms with van der Waals surface area (Å²) in [5.74, 6) is -1.64. The number of alkyl halides is 3. The second kappa shape index (κ2) is 8.40. The molecule has 0 radical (unpaired) electrons. The molecule has 1 N–H and O–H groups in total. The van der Waals surface area contributed by atoms with Gasteiger partial charge in [0, 0.05) is 25.2 Å². The number of carbonyl (C=O) groups excluding carboxylic acids is 2. The minimum absolute atomic E-state index is 0.0370. The monoisotopic (exact) mass is 447 g/mol. The van der Waals surface area contributed by atoms with E-state index < -0.39 is 29.3 Å². The van der Waals surface area contributed by atoms with E-state index in [0.29, 0.717) is 23.2 Å². The Bertz CT molecular complexity index is 1140. The number of nitrogens with zero attached hydrogens (tertiary/aromatic N) is 4. The Morgan fingerprint density at radius 1 is 1.03 bits per heavy atom.